The molecule has 2 saturated heterocycles. The minimum Gasteiger partial charge on any atom is -0.303 e. The van der Waals surface area contributed by atoms with Gasteiger partial charge in [0.2, 0.25) is 0 Å². The minimum atomic E-state index is -0.123. The molecule has 0 amide bonds. The Balaban J connectivity index is 1.43. The fourth-order valence-corrected chi connectivity index (χ4v) is 4.16. The summed E-state index contributed by atoms with van der Waals surface area (Å²) in [5.41, 5.74) is 7.72. The summed E-state index contributed by atoms with van der Waals surface area (Å²) in [6, 6.07) is 7.63. The highest BCUT2D eigenvalue weighted by Gasteiger charge is 2.23. The number of hydrogen-bond donors (Lipinski definition) is 2. The van der Waals surface area contributed by atoms with Gasteiger partial charge in [-0.25, -0.2) is 4.39 Å². The van der Waals surface area contributed by atoms with E-state index >= 15 is 0 Å². The van der Waals surface area contributed by atoms with Crippen LogP contribution in [0.2, 0.25) is 0 Å². The molecule has 25 heavy (non-hydrogen) atoms. The summed E-state index contributed by atoms with van der Waals surface area (Å²) in [6.07, 6.45) is 4.79. The van der Waals surface area contributed by atoms with Crippen molar-refractivity contribution in [2.45, 2.75) is 38.6 Å². The molecule has 2 fully saturated rings. The lowest BCUT2D eigenvalue weighted by atomic mass is 9.96. The largest absolute Gasteiger partial charge is 0.303 e. The van der Waals surface area contributed by atoms with Gasteiger partial charge in [-0.3, -0.25) is 10.9 Å². The van der Waals surface area contributed by atoms with Gasteiger partial charge in [-0.05, 0) is 62.4 Å². The normalized spacial score (nSPS) is 24.9. The monoisotopic (exact) mass is 348 g/mol. The number of nitrogens with zero attached hydrogens (tertiary/aromatic N) is 2. The summed E-state index contributed by atoms with van der Waals surface area (Å²) in [7, 11) is 0. The Morgan fingerprint density at radius 2 is 2.20 bits per heavy atom. The van der Waals surface area contributed by atoms with E-state index in [1.54, 1.807) is 6.07 Å². The van der Waals surface area contributed by atoms with Gasteiger partial charge in [0, 0.05) is 38.8 Å². The Bertz CT molecular complexity index is 518. The molecular formula is C20H33FN4. The van der Waals surface area contributed by atoms with Crippen LogP contribution in [0.3, 0.4) is 0 Å². The van der Waals surface area contributed by atoms with E-state index in [-0.39, 0.29) is 5.82 Å². The van der Waals surface area contributed by atoms with Gasteiger partial charge in [0.1, 0.15) is 5.82 Å². The molecule has 140 valence electrons. The number of likely N-dealkylation sites (tertiary alicyclic amines) is 1. The second kappa shape index (κ2) is 9.62. The number of halogens is 1. The average Bonchev–Trinajstić information content (AvgIpc) is 3.13. The molecule has 0 spiro atoms. The van der Waals surface area contributed by atoms with Crippen molar-refractivity contribution in [1.29, 1.82) is 0 Å². The average molecular weight is 349 g/mol. The topological polar surface area (TPSA) is 30.5 Å². The van der Waals surface area contributed by atoms with Gasteiger partial charge in [-0.1, -0.05) is 19.1 Å². The first-order valence-electron chi connectivity index (χ1n) is 9.90. The fourth-order valence-electron chi connectivity index (χ4n) is 4.16. The van der Waals surface area contributed by atoms with Crippen LogP contribution in [0.15, 0.2) is 24.3 Å². The maximum Gasteiger partial charge on any atom is 0.123 e. The molecule has 1 aromatic rings. The van der Waals surface area contributed by atoms with Crippen molar-refractivity contribution >= 4 is 0 Å². The second-order valence-electron chi connectivity index (χ2n) is 7.60. The summed E-state index contributed by atoms with van der Waals surface area (Å²) < 4.78 is 13.3. The van der Waals surface area contributed by atoms with Crippen LogP contribution in [0.4, 0.5) is 4.39 Å². The van der Waals surface area contributed by atoms with Crippen molar-refractivity contribution in [3.8, 4) is 0 Å². The van der Waals surface area contributed by atoms with Crippen molar-refractivity contribution in [1.82, 2.24) is 20.7 Å². The van der Waals surface area contributed by atoms with Gasteiger partial charge < -0.3 is 9.80 Å². The molecule has 2 aliphatic rings. The molecule has 4 nitrogen and oxygen atoms in total. The molecule has 0 bridgehead atoms. The standard InChI is InChI=1S/C20H33FN4/c1-2-24(16-20-8-10-22-23-20)14-18-6-4-11-25(15-18)12-9-17-5-3-7-19(21)13-17/h3,5,7,13,18,20,22-23H,2,4,6,8-12,14-16H2,1H3. The predicted octanol–water partition coefficient (Wildman–Crippen LogP) is 2.27. The minimum absolute atomic E-state index is 0.123. The maximum atomic E-state index is 13.3. The molecule has 5 heteroatoms. The molecule has 0 saturated carbocycles. The molecule has 0 aliphatic carbocycles. The number of nitrogens with one attached hydrogen (secondary N) is 2. The van der Waals surface area contributed by atoms with Crippen LogP contribution in [-0.4, -0.2) is 61.7 Å². The van der Waals surface area contributed by atoms with Gasteiger partial charge in [0.15, 0.2) is 0 Å². The first-order chi connectivity index (χ1) is 12.2. The van der Waals surface area contributed by atoms with Crippen LogP contribution in [0.25, 0.3) is 0 Å². The summed E-state index contributed by atoms with van der Waals surface area (Å²) in [4.78, 5) is 5.17. The zero-order chi connectivity index (χ0) is 17.5. The first-order valence-corrected chi connectivity index (χ1v) is 9.90. The summed E-state index contributed by atoms with van der Waals surface area (Å²) in [5.74, 6) is 0.637. The fraction of sp³-hybridized carbons (Fsp3) is 0.700. The van der Waals surface area contributed by atoms with Gasteiger partial charge in [0.25, 0.3) is 0 Å². The lowest BCUT2D eigenvalue weighted by molar-refractivity contribution is 0.131. The van der Waals surface area contributed by atoms with Crippen molar-refractivity contribution < 1.29 is 4.39 Å². The van der Waals surface area contributed by atoms with Gasteiger partial charge >= 0.3 is 0 Å². The van der Waals surface area contributed by atoms with E-state index in [1.807, 2.05) is 12.1 Å². The van der Waals surface area contributed by atoms with Gasteiger partial charge in [0.05, 0.1) is 0 Å². The lowest BCUT2D eigenvalue weighted by Crippen LogP contribution is -2.45. The molecule has 2 heterocycles. The Morgan fingerprint density at radius 1 is 1.28 bits per heavy atom. The highest BCUT2D eigenvalue weighted by atomic mass is 19.1. The van der Waals surface area contributed by atoms with Crippen LogP contribution in [0, 0.1) is 11.7 Å². The molecule has 2 N–H and O–H groups in total. The van der Waals surface area contributed by atoms with E-state index in [9.17, 15) is 4.39 Å². The van der Waals surface area contributed by atoms with Crippen molar-refractivity contribution in [2.24, 2.45) is 5.92 Å². The Kier molecular flexibility index (Phi) is 7.23. The van der Waals surface area contributed by atoms with Crippen LogP contribution < -0.4 is 10.9 Å². The van der Waals surface area contributed by atoms with Crippen molar-refractivity contribution in [3.63, 3.8) is 0 Å². The third-order valence-corrected chi connectivity index (χ3v) is 5.58. The highest BCUT2D eigenvalue weighted by molar-refractivity contribution is 5.16. The summed E-state index contributed by atoms with van der Waals surface area (Å²) >= 11 is 0. The molecule has 0 radical (unpaired) electrons. The smallest absolute Gasteiger partial charge is 0.123 e. The van der Waals surface area contributed by atoms with Crippen LogP contribution in [0.1, 0.15) is 31.7 Å². The lowest BCUT2D eigenvalue weighted by Gasteiger charge is -2.36. The third-order valence-electron chi connectivity index (χ3n) is 5.58. The molecule has 2 aliphatic heterocycles. The Hall–Kier alpha value is -1.01. The number of hydrogen-bond acceptors (Lipinski definition) is 4. The zero-order valence-electron chi connectivity index (χ0n) is 15.5. The number of rotatable bonds is 8. The molecular weight excluding hydrogens is 315 g/mol. The van der Waals surface area contributed by atoms with Crippen LogP contribution in [0.5, 0.6) is 0 Å². The van der Waals surface area contributed by atoms with E-state index in [2.05, 4.69) is 27.6 Å². The highest BCUT2D eigenvalue weighted by Crippen LogP contribution is 2.19. The van der Waals surface area contributed by atoms with Crippen LogP contribution >= 0.6 is 0 Å². The molecule has 3 rings (SSSR count). The molecule has 2 unspecified atom stereocenters. The number of likely N-dealkylation sites (N-methyl/N-ethyl adjacent to an activating group) is 1. The third kappa shape index (κ3) is 6.03. The number of piperidine rings is 1. The quantitative estimate of drug-likeness (QED) is 0.754. The van der Waals surface area contributed by atoms with Crippen molar-refractivity contribution in [2.75, 3.05) is 45.8 Å². The maximum absolute atomic E-state index is 13.3. The molecule has 0 aromatic heterocycles. The van der Waals surface area contributed by atoms with Crippen molar-refractivity contribution in [3.05, 3.63) is 35.6 Å². The summed E-state index contributed by atoms with van der Waals surface area (Å²) in [5, 5.41) is 0. The second-order valence-corrected chi connectivity index (χ2v) is 7.60. The Labute approximate surface area is 151 Å². The Morgan fingerprint density at radius 3 is 2.96 bits per heavy atom. The zero-order valence-corrected chi connectivity index (χ0v) is 15.5. The van der Waals surface area contributed by atoms with E-state index in [1.165, 1.54) is 45.0 Å². The summed E-state index contributed by atoms with van der Waals surface area (Å²) in [6.45, 7) is 10.2. The van der Waals surface area contributed by atoms with Crippen LogP contribution in [-0.2, 0) is 6.42 Å². The molecule has 2 atom stereocenters. The molecule has 1 aromatic carbocycles. The predicted molar refractivity (Wildman–Crippen MR) is 101 cm³/mol. The van der Waals surface area contributed by atoms with Gasteiger partial charge in [-0.2, -0.15) is 0 Å². The first kappa shape index (κ1) is 18.8. The number of benzene rings is 1. The van der Waals surface area contributed by atoms with E-state index < -0.39 is 0 Å². The number of hydrazine groups is 1. The van der Waals surface area contributed by atoms with E-state index in [4.69, 9.17) is 0 Å². The SMILES string of the molecule is CCN(CC1CCCN(CCc2cccc(F)c2)C1)CC1CCNN1. The van der Waals surface area contributed by atoms with E-state index in [0.29, 0.717) is 6.04 Å². The van der Waals surface area contributed by atoms with Gasteiger partial charge in [-0.15, -0.1) is 0 Å². The van der Waals surface area contributed by atoms with E-state index in [0.717, 1.165) is 44.1 Å².